The number of anilines is 1. The minimum atomic E-state index is 0.287. The second-order valence-corrected chi connectivity index (χ2v) is 4.48. The van der Waals surface area contributed by atoms with Crippen molar-refractivity contribution in [3.05, 3.63) is 16.6 Å². The van der Waals surface area contributed by atoms with Gasteiger partial charge >= 0.3 is 0 Å². The number of halogens is 1. The molecule has 16 heavy (non-hydrogen) atoms. The summed E-state index contributed by atoms with van der Waals surface area (Å²) in [5.74, 6) is 1.03. The van der Waals surface area contributed by atoms with E-state index >= 15 is 0 Å². The largest absolute Gasteiger partial charge is 0.506 e. The van der Waals surface area contributed by atoms with Gasteiger partial charge in [0.25, 0.3) is 0 Å². The van der Waals surface area contributed by atoms with E-state index < -0.39 is 0 Å². The van der Waals surface area contributed by atoms with Crippen LogP contribution in [0.1, 0.15) is 0 Å². The summed E-state index contributed by atoms with van der Waals surface area (Å²) < 4.78 is 6.05. The number of nitrogens with zero attached hydrogens (tertiary/aromatic N) is 1. The zero-order chi connectivity index (χ0) is 11.5. The van der Waals surface area contributed by atoms with Gasteiger partial charge < -0.3 is 20.1 Å². The van der Waals surface area contributed by atoms with Gasteiger partial charge in [0.1, 0.15) is 11.5 Å². The van der Waals surface area contributed by atoms with Crippen LogP contribution in [0.25, 0.3) is 0 Å². The van der Waals surface area contributed by atoms with Crippen molar-refractivity contribution < 1.29 is 9.84 Å². The molecule has 1 fully saturated rings. The van der Waals surface area contributed by atoms with Gasteiger partial charge in [-0.05, 0) is 28.1 Å². The lowest BCUT2D eigenvalue weighted by molar-refractivity contribution is 0.409. The molecule has 1 saturated heterocycles. The van der Waals surface area contributed by atoms with Crippen molar-refractivity contribution in [2.45, 2.75) is 0 Å². The van der Waals surface area contributed by atoms with Crippen LogP contribution in [0.4, 0.5) is 5.69 Å². The molecule has 1 heterocycles. The Balaban J connectivity index is 2.37. The highest BCUT2D eigenvalue weighted by Gasteiger charge is 2.19. The molecule has 1 aliphatic heterocycles. The molecule has 0 bridgehead atoms. The number of methoxy groups -OCH3 is 1. The molecule has 0 saturated carbocycles. The molecule has 2 N–H and O–H groups in total. The van der Waals surface area contributed by atoms with Crippen molar-refractivity contribution in [2.24, 2.45) is 0 Å². The van der Waals surface area contributed by atoms with E-state index in [1.807, 2.05) is 0 Å². The summed E-state index contributed by atoms with van der Waals surface area (Å²) in [6.45, 7) is 3.64. The number of benzene rings is 1. The predicted octanol–water partition coefficient (Wildman–Crippen LogP) is 1.57. The van der Waals surface area contributed by atoms with Gasteiger partial charge in [0, 0.05) is 26.2 Å². The van der Waals surface area contributed by atoms with Crippen LogP contribution in [-0.2, 0) is 0 Å². The maximum atomic E-state index is 9.92. The van der Waals surface area contributed by atoms with E-state index in [4.69, 9.17) is 4.74 Å². The molecule has 1 aliphatic rings. The van der Waals surface area contributed by atoms with Crippen molar-refractivity contribution in [1.82, 2.24) is 5.32 Å². The molecule has 0 amide bonds. The Kier molecular flexibility index (Phi) is 3.56. The Morgan fingerprint density at radius 3 is 2.69 bits per heavy atom. The monoisotopic (exact) mass is 286 g/mol. The molecular formula is C11H15BrN2O2. The lowest BCUT2D eigenvalue weighted by Crippen LogP contribution is -2.43. The number of hydrogen-bond acceptors (Lipinski definition) is 4. The first-order valence-corrected chi connectivity index (χ1v) is 6.04. The van der Waals surface area contributed by atoms with Crippen molar-refractivity contribution in [3.63, 3.8) is 0 Å². The fraction of sp³-hybridized carbons (Fsp3) is 0.455. The first-order valence-electron chi connectivity index (χ1n) is 5.25. The number of hydrogen-bond donors (Lipinski definition) is 2. The molecule has 0 spiro atoms. The van der Waals surface area contributed by atoms with Crippen molar-refractivity contribution >= 4 is 21.6 Å². The first-order chi connectivity index (χ1) is 7.74. The average molecular weight is 287 g/mol. The van der Waals surface area contributed by atoms with Gasteiger partial charge in [-0.1, -0.05) is 0 Å². The summed E-state index contributed by atoms with van der Waals surface area (Å²) in [7, 11) is 1.62. The van der Waals surface area contributed by atoms with Crippen molar-refractivity contribution in [3.8, 4) is 11.5 Å². The van der Waals surface area contributed by atoms with Gasteiger partial charge in [-0.15, -0.1) is 0 Å². The molecule has 0 aliphatic carbocycles. The van der Waals surface area contributed by atoms with Crippen molar-refractivity contribution in [1.29, 1.82) is 0 Å². The van der Waals surface area contributed by atoms with Gasteiger partial charge in [0.2, 0.25) is 0 Å². The Labute approximate surface area is 103 Å². The van der Waals surface area contributed by atoms with Gasteiger partial charge in [-0.3, -0.25) is 0 Å². The van der Waals surface area contributed by atoms with Crippen LogP contribution in [0.5, 0.6) is 11.5 Å². The van der Waals surface area contributed by atoms with Gasteiger partial charge in [0.05, 0.1) is 17.3 Å². The fourth-order valence-electron chi connectivity index (χ4n) is 1.88. The maximum Gasteiger partial charge on any atom is 0.140 e. The number of rotatable bonds is 2. The van der Waals surface area contributed by atoms with E-state index in [-0.39, 0.29) is 5.75 Å². The molecule has 88 valence electrons. The summed E-state index contributed by atoms with van der Waals surface area (Å²) in [4.78, 5) is 2.15. The number of aromatic hydroxyl groups is 1. The molecule has 1 aromatic rings. The second kappa shape index (κ2) is 4.93. The van der Waals surface area contributed by atoms with E-state index in [1.165, 1.54) is 0 Å². The Morgan fingerprint density at radius 2 is 2.06 bits per heavy atom. The Morgan fingerprint density at radius 1 is 1.38 bits per heavy atom. The Hall–Kier alpha value is -0.940. The fourth-order valence-corrected chi connectivity index (χ4v) is 2.63. The SMILES string of the molecule is COc1ccc(O)c(N2CCNCC2)c1Br. The van der Waals surface area contributed by atoms with Crippen LogP contribution in [0.15, 0.2) is 16.6 Å². The summed E-state index contributed by atoms with van der Waals surface area (Å²) in [6, 6.07) is 3.42. The molecule has 1 aromatic carbocycles. The third-order valence-electron chi connectivity index (χ3n) is 2.71. The first kappa shape index (κ1) is 11.5. The van der Waals surface area contributed by atoms with Crippen molar-refractivity contribution in [2.75, 3.05) is 38.2 Å². The van der Waals surface area contributed by atoms with E-state index in [0.29, 0.717) is 0 Å². The number of nitrogens with one attached hydrogen (secondary N) is 1. The highest BCUT2D eigenvalue weighted by molar-refractivity contribution is 9.10. The second-order valence-electron chi connectivity index (χ2n) is 3.69. The van der Waals surface area contributed by atoms with E-state index in [1.54, 1.807) is 19.2 Å². The number of ether oxygens (including phenoxy) is 1. The van der Waals surface area contributed by atoms with E-state index in [9.17, 15) is 5.11 Å². The third kappa shape index (κ3) is 2.10. The minimum Gasteiger partial charge on any atom is -0.506 e. The smallest absolute Gasteiger partial charge is 0.140 e. The molecular weight excluding hydrogens is 272 g/mol. The van der Waals surface area contributed by atoms with Crippen LogP contribution >= 0.6 is 15.9 Å². The number of piperazine rings is 1. The zero-order valence-corrected chi connectivity index (χ0v) is 10.7. The number of phenols is 1. The molecule has 0 aromatic heterocycles. The highest BCUT2D eigenvalue weighted by atomic mass is 79.9. The summed E-state index contributed by atoms with van der Waals surface area (Å²) in [6.07, 6.45) is 0. The lowest BCUT2D eigenvalue weighted by Gasteiger charge is -2.31. The molecule has 0 radical (unpaired) electrons. The molecule has 0 atom stereocenters. The van der Waals surface area contributed by atoms with E-state index in [2.05, 4.69) is 26.1 Å². The van der Waals surface area contributed by atoms with Gasteiger partial charge in [-0.25, -0.2) is 0 Å². The van der Waals surface area contributed by atoms with Gasteiger partial charge in [0.15, 0.2) is 0 Å². The molecule has 4 nitrogen and oxygen atoms in total. The van der Waals surface area contributed by atoms with Crippen LogP contribution in [0.2, 0.25) is 0 Å². The van der Waals surface area contributed by atoms with E-state index in [0.717, 1.165) is 42.1 Å². The average Bonchev–Trinajstić information content (AvgIpc) is 2.31. The number of phenolic OH excluding ortho intramolecular Hbond substituents is 1. The molecule has 5 heteroatoms. The Bertz CT molecular complexity index is 378. The summed E-state index contributed by atoms with van der Waals surface area (Å²) >= 11 is 3.48. The standard InChI is InChI=1S/C11H15BrN2O2/c1-16-9-3-2-8(15)11(10(9)12)14-6-4-13-5-7-14/h2-3,13,15H,4-7H2,1H3. The van der Waals surface area contributed by atoms with Gasteiger partial charge in [-0.2, -0.15) is 0 Å². The highest BCUT2D eigenvalue weighted by Crippen LogP contribution is 2.41. The normalized spacial score (nSPS) is 16.2. The summed E-state index contributed by atoms with van der Waals surface area (Å²) in [5, 5.41) is 13.2. The topological polar surface area (TPSA) is 44.7 Å². The molecule has 2 rings (SSSR count). The molecule has 0 unspecified atom stereocenters. The lowest BCUT2D eigenvalue weighted by atomic mass is 10.2. The quantitative estimate of drug-likeness (QED) is 0.866. The van der Waals surface area contributed by atoms with Crippen LogP contribution < -0.4 is 15.0 Å². The van der Waals surface area contributed by atoms with Crippen LogP contribution in [0, 0.1) is 0 Å². The predicted molar refractivity (Wildman–Crippen MR) is 67.4 cm³/mol. The third-order valence-corrected chi connectivity index (χ3v) is 3.48. The summed E-state index contributed by atoms with van der Waals surface area (Å²) in [5.41, 5.74) is 0.820. The van der Waals surface area contributed by atoms with Crippen LogP contribution in [0.3, 0.4) is 0 Å². The zero-order valence-electron chi connectivity index (χ0n) is 9.16. The van der Waals surface area contributed by atoms with Crippen LogP contribution in [-0.4, -0.2) is 38.4 Å². The minimum absolute atomic E-state index is 0.287. The maximum absolute atomic E-state index is 9.92.